The van der Waals surface area contributed by atoms with Crippen LogP contribution in [0.3, 0.4) is 0 Å². The van der Waals surface area contributed by atoms with Gasteiger partial charge >= 0.3 is 6.18 Å². The summed E-state index contributed by atoms with van der Waals surface area (Å²) in [7, 11) is -4.18. The molecule has 0 radical (unpaired) electrons. The lowest BCUT2D eigenvalue weighted by Crippen LogP contribution is -2.40. The van der Waals surface area contributed by atoms with Crippen LogP contribution in [0.15, 0.2) is 11.2 Å². The molecule has 0 aliphatic rings. The molecule has 1 heterocycles. The minimum Gasteiger partial charge on any atom is -0.382 e. The van der Waals surface area contributed by atoms with Crippen molar-refractivity contribution in [3.63, 3.8) is 0 Å². The molecule has 0 spiro atoms. The van der Waals surface area contributed by atoms with Gasteiger partial charge in [-0.2, -0.15) is 13.2 Å². The first kappa shape index (κ1) is 16.9. The Hall–Kier alpha value is -1.13. The smallest absolute Gasteiger partial charge is 0.382 e. The molecule has 0 bridgehead atoms. The molecular formula is C10H16F3N3O3S. The summed E-state index contributed by atoms with van der Waals surface area (Å²) in [6, 6.07) is 0. The minimum atomic E-state index is -4.87. The van der Waals surface area contributed by atoms with Crippen LogP contribution in [0.25, 0.3) is 0 Å². The third-order valence-corrected chi connectivity index (χ3v) is 3.83. The van der Waals surface area contributed by atoms with E-state index in [1.165, 1.54) is 6.20 Å². The molecule has 1 unspecified atom stereocenters. The molecule has 6 nitrogen and oxygen atoms in total. The molecule has 1 rings (SSSR count). The van der Waals surface area contributed by atoms with Gasteiger partial charge in [0.05, 0.1) is 0 Å². The summed E-state index contributed by atoms with van der Waals surface area (Å²) in [5.41, 5.74) is 0. The van der Waals surface area contributed by atoms with Gasteiger partial charge in [0.2, 0.25) is 0 Å². The topological polar surface area (TPSA) is 84.2 Å². The summed E-state index contributed by atoms with van der Waals surface area (Å²) in [5, 5.41) is 8.40. The van der Waals surface area contributed by atoms with E-state index >= 15 is 0 Å². The summed E-state index contributed by atoms with van der Waals surface area (Å²) >= 11 is 0. The average molecular weight is 315 g/mol. The maximum atomic E-state index is 12.1. The molecule has 0 aromatic carbocycles. The van der Waals surface area contributed by atoms with E-state index in [0.29, 0.717) is 12.4 Å². The highest BCUT2D eigenvalue weighted by molar-refractivity contribution is 7.89. The van der Waals surface area contributed by atoms with Gasteiger partial charge in [0.1, 0.15) is 5.82 Å². The van der Waals surface area contributed by atoms with E-state index in [4.69, 9.17) is 5.11 Å². The number of nitrogens with zero attached hydrogens (tertiary/aromatic N) is 2. The Morgan fingerprint density at radius 3 is 2.60 bits per heavy atom. The van der Waals surface area contributed by atoms with Gasteiger partial charge in [-0.15, -0.1) is 0 Å². The van der Waals surface area contributed by atoms with Crippen LogP contribution in [-0.2, 0) is 16.6 Å². The predicted octanol–water partition coefficient (Wildman–Crippen LogP) is 0.803. The van der Waals surface area contributed by atoms with Crippen LogP contribution in [0.5, 0.6) is 0 Å². The summed E-state index contributed by atoms with van der Waals surface area (Å²) in [6.45, 7) is 2.90. The van der Waals surface area contributed by atoms with E-state index in [1.54, 1.807) is 16.2 Å². The Balaban J connectivity index is 2.82. The lowest BCUT2D eigenvalue weighted by Gasteiger charge is -2.14. The number of aryl methyl sites for hydroxylation is 2. The van der Waals surface area contributed by atoms with Crippen LogP contribution in [0.4, 0.5) is 13.2 Å². The van der Waals surface area contributed by atoms with Crippen LogP contribution < -0.4 is 4.72 Å². The maximum Gasteiger partial charge on any atom is 0.415 e. The second-order valence-electron chi connectivity index (χ2n) is 4.23. The summed E-state index contributed by atoms with van der Waals surface area (Å²) in [4.78, 5) is 3.79. The van der Waals surface area contributed by atoms with Gasteiger partial charge in [0, 0.05) is 19.3 Å². The van der Waals surface area contributed by atoms with Crippen LogP contribution in [-0.4, -0.2) is 41.9 Å². The molecule has 2 N–H and O–H groups in total. The van der Waals surface area contributed by atoms with Crippen LogP contribution in [0.2, 0.25) is 0 Å². The number of hydrogen-bond acceptors (Lipinski definition) is 4. The lowest BCUT2D eigenvalue weighted by atomic mass is 10.4. The quantitative estimate of drug-likeness (QED) is 0.813. The van der Waals surface area contributed by atoms with Crippen molar-refractivity contribution in [3.05, 3.63) is 12.0 Å². The molecule has 1 atom stereocenters. The predicted molar refractivity (Wildman–Crippen MR) is 64.5 cm³/mol. The largest absolute Gasteiger partial charge is 0.415 e. The number of nitrogens with one attached hydrogen (secondary N) is 1. The van der Waals surface area contributed by atoms with Gasteiger partial charge < -0.3 is 9.67 Å². The number of halogens is 3. The van der Waals surface area contributed by atoms with Gasteiger partial charge in [-0.25, -0.2) is 18.1 Å². The first-order valence-corrected chi connectivity index (χ1v) is 7.34. The van der Waals surface area contributed by atoms with Crippen molar-refractivity contribution in [2.75, 3.05) is 6.54 Å². The average Bonchev–Trinajstić information content (AvgIpc) is 2.68. The molecule has 1 aromatic rings. The molecule has 0 saturated heterocycles. The Morgan fingerprint density at radius 1 is 1.50 bits per heavy atom. The molecule has 0 amide bonds. The third kappa shape index (κ3) is 4.18. The monoisotopic (exact) mass is 315 g/mol. The number of rotatable bonds is 6. The lowest BCUT2D eigenvalue weighted by molar-refractivity contribution is -0.200. The van der Waals surface area contributed by atoms with Gasteiger partial charge in [-0.1, -0.05) is 6.92 Å². The fourth-order valence-electron chi connectivity index (χ4n) is 1.45. The van der Waals surface area contributed by atoms with Crippen LogP contribution in [0, 0.1) is 6.92 Å². The van der Waals surface area contributed by atoms with E-state index in [0.717, 1.165) is 6.42 Å². The van der Waals surface area contributed by atoms with Crippen molar-refractivity contribution in [1.82, 2.24) is 14.3 Å². The van der Waals surface area contributed by atoms with Gasteiger partial charge in [-0.3, -0.25) is 0 Å². The normalized spacial score (nSPS) is 14.5. The number of hydrogen-bond donors (Lipinski definition) is 2. The molecule has 116 valence electrons. The van der Waals surface area contributed by atoms with Crippen molar-refractivity contribution >= 4 is 10.0 Å². The zero-order chi connectivity index (χ0) is 15.6. The van der Waals surface area contributed by atoms with E-state index in [1.807, 2.05) is 6.92 Å². The minimum absolute atomic E-state index is 0.363. The van der Waals surface area contributed by atoms with E-state index in [2.05, 4.69) is 4.98 Å². The van der Waals surface area contributed by atoms with Crippen LogP contribution in [0.1, 0.15) is 19.2 Å². The highest BCUT2D eigenvalue weighted by atomic mass is 32.2. The van der Waals surface area contributed by atoms with Crippen molar-refractivity contribution in [1.29, 1.82) is 0 Å². The number of imidazole rings is 1. The fraction of sp³-hybridized carbons (Fsp3) is 0.700. The summed E-state index contributed by atoms with van der Waals surface area (Å²) in [6.07, 6.45) is -5.62. The van der Waals surface area contributed by atoms with Crippen molar-refractivity contribution in [2.24, 2.45) is 0 Å². The third-order valence-electron chi connectivity index (χ3n) is 2.54. The molecule has 1 aromatic heterocycles. The number of aliphatic hydroxyl groups is 1. The second-order valence-corrected chi connectivity index (χ2v) is 5.94. The second kappa shape index (κ2) is 6.10. The Morgan fingerprint density at radius 2 is 2.10 bits per heavy atom. The van der Waals surface area contributed by atoms with Gasteiger partial charge in [0.15, 0.2) is 11.1 Å². The molecular weight excluding hydrogens is 299 g/mol. The molecule has 0 fully saturated rings. The maximum absolute atomic E-state index is 12.1. The zero-order valence-corrected chi connectivity index (χ0v) is 11.8. The fourth-order valence-corrected chi connectivity index (χ4v) is 2.50. The molecule has 20 heavy (non-hydrogen) atoms. The van der Waals surface area contributed by atoms with Crippen LogP contribution >= 0.6 is 0 Å². The first-order valence-electron chi connectivity index (χ1n) is 5.86. The standard InChI is InChI=1S/C10H16F3N3O3S/c1-3-4-16-6-9(15-7(16)2)20(18,19)14-5-8(17)10(11,12)13/h6,8,14,17H,3-5H2,1-2H3. The summed E-state index contributed by atoms with van der Waals surface area (Å²) < 4.78 is 63.1. The number of aromatic nitrogens is 2. The molecule has 0 saturated carbocycles. The summed E-state index contributed by atoms with van der Waals surface area (Å²) in [5.74, 6) is 0.448. The number of aliphatic hydroxyl groups excluding tert-OH is 1. The van der Waals surface area contributed by atoms with E-state index in [9.17, 15) is 21.6 Å². The molecule has 0 aliphatic carbocycles. The Kier molecular flexibility index (Phi) is 5.16. The highest BCUT2D eigenvalue weighted by Gasteiger charge is 2.38. The molecule has 0 aliphatic heterocycles. The SMILES string of the molecule is CCCn1cc(S(=O)(=O)NCC(O)C(F)(F)F)nc1C. The van der Waals surface area contributed by atoms with Crippen molar-refractivity contribution in [2.45, 2.75) is 44.1 Å². The first-order chi connectivity index (χ1) is 9.08. The Labute approximate surface area is 114 Å². The van der Waals surface area contributed by atoms with Crippen molar-refractivity contribution < 1.29 is 26.7 Å². The van der Waals surface area contributed by atoms with Crippen molar-refractivity contribution in [3.8, 4) is 0 Å². The van der Waals surface area contributed by atoms with E-state index < -0.39 is 28.8 Å². The number of alkyl halides is 3. The molecule has 10 heteroatoms. The Bertz CT molecular complexity index is 554. The van der Waals surface area contributed by atoms with Gasteiger partial charge in [0.25, 0.3) is 10.0 Å². The highest BCUT2D eigenvalue weighted by Crippen LogP contribution is 2.19. The number of sulfonamides is 1. The van der Waals surface area contributed by atoms with Gasteiger partial charge in [-0.05, 0) is 13.3 Å². The van der Waals surface area contributed by atoms with E-state index in [-0.39, 0.29) is 5.03 Å². The zero-order valence-electron chi connectivity index (χ0n) is 11.0.